The van der Waals surface area contributed by atoms with Gasteiger partial charge in [-0.15, -0.1) is 6.58 Å². The summed E-state index contributed by atoms with van der Waals surface area (Å²) in [5, 5.41) is 6.95. The third-order valence-electron chi connectivity index (χ3n) is 4.63. The van der Waals surface area contributed by atoms with Crippen LogP contribution in [0.1, 0.15) is 38.5 Å². The molecule has 0 radical (unpaired) electrons. The van der Waals surface area contributed by atoms with Crippen LogP contribution in [0.25, 0.3) is 0 Å². The maximum atomic E-state index is 12.2. The Morgan fingerprint density at radius 2 is 1.95 bits per heavy atom. The van der Waals surface area contributed by atoms with Crippen LogP contribution < -0.4 is 10.6 Å². The average Bonchev–Trinajstić information content (AvgIpc) is 2.50. The number of urea groups is 1. The molecule has 2 N–H and O–H groups in total. The molecule has 1 heterocycles. The van der Waals surface area contributed by atoms with Crippen molar-refractivity contribution in [2.75, 3.05) is 25.9 Å². The number of thioether (sulfide) groups is 1. The first-order valence-electron chi connectivity index (χ1n) is 8.16. The van der Waals surface area contributed by atoms with Crippen LogP contribution in [0.3, 0.4) is 0 Å². The molecule has 0 spiro atoms. The maximum absolute atomic E-state index is 12.2. The number of rotatable bonds is 5. The molecule has 0 aromatic carbocycles. The van der Waals surface area contributed by atoms with E-state index < -0.39 is 0 Å². The van der Waals surface area contributed by atoms with Crippen molar-refractivity contribution in [1.82, 2.24) is 15.5 Å². The molecule has 1 aliphatic heterocycles. The molecule has 0 bridgehead atoms. The number of carbonyl (C=O) groups is 1. The highest BCUT2D eigenvalue weighted by Gasteiger charge is 2.27. The van der Waals surface area contributed by atoms with Gasteiger partial charge in [0.2, 0.25) is 0 Å². The first kappa shape index (κ1) is 16.7. The fourth-order valence-electron chi connectivity index (χ4n) is 3.38. The molecule has 2 rings (SSSR count). The van der Waals surface area contributed by atoms with Gasteiger partial charge in [0.05, 0.1) is 0 Å². The Kier molecular flexibility index (Phi) is 6.90. The number of piperidine rings is 1. The number of likely N-dealkylation sites (tertiary alicyclic amines) is 1. The minimum atomic E-state index is 0.0307. The van der Waals surface area contributed by atoms with Crippen LogP contribution >= 0.6 is 11.8 Å². The second kappa shape index (κ2) is 8.69. The van der Waals surface area contributed by atoms with E-state index in [1.165, 1.54) is 19.3 Å². The highest BCUT2D eigenvalue weighted by molar-refractivity contribution is 7.99. The van der Waals surface area contributed by atoms with Crippen LogP contribution in [0.2, 0.25) is 0 Å². The van der Waals surface area contributed by atoms with Crippen molar-refractivity contribution in [1.29, 1.82) is 0 Å². The van der Waals surface area contributed by atoms with Gasteiger partial charge in [0, 0.05) is 37.0 Å². The lowest BCUT2D eigenvalue weighted by molar-refractivity contribution is 0.200. The van der Waals surface area contributed by atoms with Crippen molar-refractivity contribution >= 4 is 17.8 Å². The van der Waals surface area contributed by atoms with Gasteiger partial charge < -0.3 is 10.6 Å². The van der Waals surface area contributed by atoms with Crippen LogP contribution in [-0.4, -0.2) is 54.2 Å². The summed E-state index contributed by atoms with van der Waals surface area (Å²) >= 11 is 1.89. The smallest absolute Gasteiger partial charge is 0.315 e. The Bertz CT molecular complexity index is 342. The van der Waals surface area contributed by atoms with Crippen LogP contribution in [0, 0.1) is 0 Å². The number of nitrogens with one attached hydrogen (secondary N) is 2. The molecule has 2 amide bonds. The molecule has 1 saturated heterocycles. The maximum Gasteiger partial charge on any atom is 0.315 e. The molecule has 0 unspecified atom stereocenters. The normalized spacial score (nSPS) is 28.0. The monoisotopic (exact) mass is 311 g/mol. The number of nitrogens with zero attached hydrogens (tertiary/aromatic N) is 1. The van der Waals surface area contributed by atoms with Gasteiger partial charge >= 0.3 is 6.03 Å². The number of hydrogen-bond donors (Lipinski definition) is 2. The predicted molar refractivity (Wildman–Crippen MR) is 90.9 cm³/mol. The largest absolute Gasteiger partial charge is 0.335 e. The molecule has 21 heavy (non-hydrogen) atoms. The van der Waals surface area contributed by atoms with Gasteiger partial charge in [0.15, 0.2) is 0 Å². The standard InChI is InChI=1S/C16H29N3OS/c1-3-10-19-11-8-13(9-12-19)17-16(20)18-14-6-4-5-7-15(14)21-2/h3,13-15H,1,4-12H2,2H3,(H2,17,18,20)/t14-,15+/m0/s1. The summed E-state index contributed by atoms with van der Waals surface area (Å²) in [6.07, 6.45) is 11.1. The van der Waals surface area contributed by atoms with E-state index in [-0.39, 0.29) is 6.03 Å². The molecule has 2 aliphatic rings. The lowest BCUT2D eigenvalue weighted by Crippen LogP contribution is -2.52. The minimum Gasteiger partial charge on any atom is -0.335 e. The number of hydrogen-bond acceptors (Lipinski definition) is 3. The van der Waals surface area contributed by atoms with Crippen LogP contribution in [-0.2, 0) is 0 Å². The molecule has 0 aromatic heterocycles. The zero-order valence-corrected chi connectivity index (χ0v) is 14.0. The molecular formula is C16H29N3OS. The van der Waals surface area contributed by atoms with Crippen LogP contribution in [0.4, 0.5) is 4.79 Å². The molecule has 2 fully saturated rings. The van der Waals surface area contributed by atoms with Crippen molar-refractivity contribution in [2.45, 2.75) is 55.9 Å². The second-order valence-electron chi connectivity index (χ2n) is 6.15. The SMILES string of the molecule is C=CCN1CCC(NC(=O)N[C@H]2CCCC[C@H]2SC)CC1. The Balaban J connectivity index is 1.71. The molecule has 4 nitrogen and oxygen atoms in total. The number of carbonyl (C=O) groups excluding carboxylic acids is 1. The Morgan fingerprint density at radius 1 is 1.24 bits per heavy atom. The summed E-state index contributed by atoms with van der Waals surface area (Å²) in [4.78, 5) is 14.6. The molecule has 5 heteroatoms. The molecular weight excluding hydrogens is 282 g/mol. The summed E-state index contributed by atoms with van der Waals surface area (Å²) in [6.45, 7) is 6.83. The summed E-state index contributed by atoms with van der Waals surface area (Å²) in [5.41, 5.74) is 0. The van der Waals surface area contributed by atoms with Crippen LogP contribution in [0.5, 0.6) is 0 Å². The summed E-state index contributed by atoms with van der Waals surface area (Å²) in [5.74, 6) is 0. The first-order chi connectivity index (χ1) is 10.2. The van der Waals surface area contributed by atoms with Gasteiger partial charge in [-0.05, 0) is 31.9 Å². The fourth-order valence-corrected chi connectivity index (χ4v) is 4.32. The van der Waals surface area contributed by atoms with Crippen LogP contribution in [0.15, 0.2) is 12.7 Å². The van der Waals surface area contributed by atoms with Gasteiger partial charge in [0.1, 0.15) is 0 Å². The van der Waals surface area contributed by atoms with E-state index >= 15 is 0 Å². The van der Waals surface area contributed by atoms with Crippen molar-refractivity contribution in [2.24, 2.45) is 0 Å². The van der Waals surface area contributed by atoms with E-state index in [2.05, 4.69) is 28.4 Å². The van der Waals surface area contributed by atoms with E-state index in [9.17, 15) is 4.79 Å². The van der Waals surface area contributed by atoms with Gasteiger partial charge in [-0.25, -0.2) is 4.79 Å². The molecule has 2 atom stereocenters. The highest BCUT2D eigenvalue weighted by atomic mass is 32.2. The summed E-state index contributed by atoms with van der Waals surface area (Å²) < 4.78 is 0. The number of amides is 2. The second-order valence-corrected chi connectivity index (χ2v) is 7.22. The molecule has 1 aliphatic carbocycles. The lowest BCUT2D eigenvalue weighted by Gasteiger charge is -2.34. The topological polar surface area (TPSA) is 44.4 Å². The van der Waals surface area contributed by atoms with Gasteiger partial charge in [-0.2, -0.15) is 11.8 Å². The lowest BCUT2D eigenvalue weighted by atomic mass is 9.95. The first-order valence-corrected chi connectivity index (χ1v) is 9.44. The zero-order chi connectivity index (χ0) is 15.1. The quantitative estimate of drug-likeness (QED) is 0.767. The van der Waals surface area contributed by atoms with E-state index in [4.69, 9.17) is 0 Å². The predicted octanol–water partition coefficient (Wildman–Crippen LogP) is 2.61. The van der Waals surface area contributed by atoms with Crippen molar-refractivity contribution < 1.29 is 4.79 Å². The van der Waals surface area contributed by atoms with E-state index in [1.54, 1.807) is 0 Å². The molecule has 0 aromatic rings. The fraction of sp³-hybridized carbons (Fsp3) is 0.812. The third-order valence-corrected chi connectivity index (χ3v) is 5.80. The van der Waals surface area contributed by atoms with Crippen molar-refractivity contribution in [3.63, 3.8) is 0 Å². The summed E-state index contributed by atoms with van der Waals surface area (Å²) in [6, 6.07) is 0.695. The van der Waals surface area contributed by atoms with Crippen molar-refractivity contribution in [3.8, 4) is 0 Å². The van der Waals surface area contributed by atoms with Gasteiger partial charge in [-0.3, -0.25) is 4.90 Å². The zero-order valence-electron chi connectivity index (χ0n) is 13.1. The third kappa shape index (κ3) is 5.22. The van der Waals surface area contributed by atoms with Gasteiger partial charge in [-0.1, -0.05) is 18.9 Å². The summed E-state index contributed by atoms with van der Waals surface area (Å²) in [7, 11) is 0. The Morgan fingerprint density at radius 3 is 2.62 bits per heavy atom. The Hall–Kier alpha value is -0.680. The van der Waals surface area contributed by atoms with E-state index in [0.29, 0.717) is 17.3 Å². The average molecular weight is 311 g/mol. The van der Waals surface area contributed by atoms with E-state index in [0.717, 1.165) is 38.9 Å². The minimum absolute atomic E-state index is 0.0307. The van der Waals surface area contributed by atoms with E-state index in [1.807, 2.05) is 17.8 Å². The molecule has 120 valence electrons. The van der Waals surface area contributed by atoms with Crippen molar-refractivity contribution in [3.05, 3.63) is 12.7 Å². The Labute approximate surface area is 133 Å². The van der Waals surface area contributed by atoms with Gasteiger partial charge in [0.25, 0.3) is 0 Å². The highest BCUT2D eigenvalue weighted by Crippen LogP contribution is 2.27. The molecule has 1 saturated carbocycles.